The van der Waals surface area contributed by atoms with Gasteiger partial charge in [-0.2, -0.15) is 0 Å². The Morgan fingerprint density at radius 1 is 1.36 bits per heavy atom. The number of aliphatic hydroxyl groups excluding tert-OH is 1. The van der Waals surface area contributed by atoms with Crippen LogP contribution in [0.3, 0.4) is 0 Å². The zero-order chi connectivity index (χ0) is 15.8. The van der Waals surface area contributed by atoms with Crippen LogP contribution in [0.2, 0.25) is 0 Å². The molecule has 0 atom stereocenters. The van der Waals surface area contributed by atoms with Gasteiger partial charge in [0.2, 0.25) is 0 Å². The van der Waals surface area contributed by atoms with Gasteiger partial charge in [-0.15, -0.1) is 10.2 Å². The van der Waals surface area contributed by atoms with Crippen LogP contribution in [-0.2, 0) is 12.5 Å². The van der Waals surface area contributed by atoms with Crippen molar-refractivity contribution in [1.29, 1.82) is 0 Å². The van der Waals surface area contributed by atoms with Gasteiger partial charge < -0.3 is 14.8 Å². The van der Waals surface area contributed by atoms with E-state index in [-0.39, 0.29) is 12.0 Å². The highest BCUT2D eigenvalue weighted by atomic mass is 79.9. The summed E-state index contributed by atoms with van der Waals surface area (Å²) in [5.41, 5.74) is 0.0719. The van der Waals surface area contributed by atoms with Crippen molar-refractivity contribution in [1.82, 2.24) is 14.8 Å². The lowest BCUT2D eigenvalue weighted by molar-refractivity contribution is -0.0893. The van der Waals surface area contributed by atoms with E-state index >= 15 is 0 Å². The number of aromatic nitrogens is 3. The molecule has 0 aliphatic heterocycles. The molecule has 2 N–H and O–H groups in total. The molecule has 1 aromatic heterocycles. The van der Waals surface area contributed by atoms with Crippen LogP contribution >= 0.6 is 15.9 Å². The Bertz CT molecular complexity index is 665. The van der Waals surface area contributed by atoms with E-state index in [1.165, 1.54) is 0 Å². The zero-order valence-electron chi connectivity index (χ0n) is 12.5. The molecule has 0 spiro atoms. The van der Waals surface area contributed by atoms with Gasteiger partial charge in [-0.05, 0) is 43.4 Å². The van der Waals surface area contributed by atoms with Crippen LogP contribution in [0.15, 0.2) is 35.1 Å². The number of nitrogens with zero attached hydrogens (tertiary/aromatic N) is 3. The quantitative estimate of drug-likeness (QED) is 0.851. The average molecular weight is 366 g/mol. The van der Waals surface area contributed by atoms with E-state index in [0.717, 1.165) is 15.9 Å². The first-order chi connectivity index (χ1) is 10.5. The minimum Gasteiger partial charge on any atom is -0.396 e. The summed E-state index contributed by atoms with van der Waals surface area (Å²) in [7, 11) is 1.93. The molecule has 1 saturated carbocycles. The summed E-state index contributed by atoms with van der Waals surface area (Å²) in [4.78, 5) is 0. The molecule has 1 aromatic carbocycles. The van der Waals surface area contributed by atoms with Crippen molar-refractivity contribution >= 4 is 15.9 Å². The molecule has 5 nitrogen and oxygen atoms in total. The highest BCUT2D eigenvalue weighted by Crippen LogP contribution is 2.55. The molecule has 0 amide bonds. The topological polar surface area (TPSA) is 71.2 Å². The fourth-order valence-electron chi connectivity index (χ4n) is 3.65. The summed E-state index contributed by atoms with van der Waals surface area (Å²) >= 11 is 3.52. The summed E-state index contributed by atoms with van der Waals surface area (Å²) in [5, 5.41) is 28.0. The molecule has 0 bridgehead atoms. The summed E-state index contributed by atoms with van der Waals surface area (Å²) < 4.78 is 2.93. The van der Waals surface area contributed by atoms with Gasteiger partial charge in [0.15, 0.2) is 0 Å². The second-order valence-corrected chi connectivity index (χ2v) is 7.18. The maximum absolute atomic E-state index is 10.7. The van der Waals surface area contributed by atoms with Crippen molar-refractivity contribution in [2.45, 2.75) is 36.7 Å². The maximum atomic E-state index is 10.7. The Balaban J connectivity index is 1.98. The minimum atomic E-state index is -0.739. The van der Waals surface area contributed by atoms with Crippen molar-refractivity contribution in [3.05, 3.63) is 46.5 Å². The lowest BCUT2D eigenvalue weighted by Gasteiger charge is -2.53. The molecule has 2 aromatic rings. The molecule has 0 radical (unpaired) electrons. The second-order valence-electron chi connectivity index (χ2n) is 6.26. The van der Waals surface area contributed by atoms with Gasteiger partial charge >= 0.3 is 0 Å². The first kappa shape index (κ1) is 15.6. The number of halogens is 1. The van der Waals surface area contributed by atoms with E-state index in [0.29, 0.717) is 25.7 Å². The predicted molar refractivity (Wildman–Crippen MR) is 86.4 cm³/mol. The summed E-state index contributed by atoms with van der Waals surface area (Å²) in [6, 6.07) is 8.15. The highest BCUT2D eigenvalue weighted by molar-refractivity contribution is 9.10. The molecule has 22 heavy (non-hydrogen) atoms. The molecule has 1 aliphatic carbocycles. The van der Waals surface area contributed by atoms with E-state index in [1.807, 2.05) is 23.7 Å². The third-order valence-electron chi connectivity index (χ3n) is 4.58. The van der Waals surface area contributed by atoms with Crippen LogP contribution in [0.5, 0.6) is 0 Å². The Morgan fingerprint density at radius 2 is 2.14 bits per heavy atom. The molecule has 1 fully saturated rings. The normalized spacial score (nSPS) is 27.6. The Hall–Kier alpha value is -1.24. The van der Waals surface area contributed by atoms with Crippen LogP contribution in [0, 0.1) is 0 Å². The summed E-state index contributed by atoms with van der Waals surface area (Å²) in [6.07, 6.45) is 4.12. The largest absolute Gasteiger partial charge is 0.396 e. The average Bonchev–Trinajstić information content (AvgIpc) is 2.88. The lowest BCUT2D eigenvalue weighted by atomic mass is 9.54. The molecule has 6 heteroatoms. The Labute approximate surface area is 138 Å². The van der Waals surface area contributed by atoms with Crippen LogP contribution in [0.4, 0.5) is 0 Å². The first-order valence-electron chi connectivity index (χ1n) is 7.43. The fourth-order valence-corrected chi connectivity index (χ4v) is 4.05. The molecule has 0 unspecified atom stereocenters. The highest BCUT2D eigenvalue weighted by Gasteiger charge is 2.57. The second kappa shape index (κ2) is 5.76. The van der Waals surface area contributed by atoms with Crippen molar-refractivity contribution < 1.29 is 10.2 Å². The zero-order valence-corrected chi connectivity index (χ0v) is 14.1. The number of aliphatic hydroxyl groups is 2. The van der Waals surface area contributed by atoms with Crippen LogP contribution in [0.25, 0.3) is 0 Å². The van der Waals surface area contributed by atoms with Gasteiger partial charge in [0.1, 0.15) is 12.2 Å². The third kappa shape index (κ3) is 2.59. The summed E-state index contributed by atoms with van der Waals surface area (Å²) in [5.74, 6) is 0.874. The monoisotopic (exact) mass is 365 g/mol. The molecule has 0 saturated heterocycles. The smallest absolute Gasteiger partial charge is 0.143 e. The predicted octanol–water partition coefficient (Wildman–Crippen LogP) is 2.16. The van der Waals surface area contributed by atoms with Crippen LogP contribution < -0.4 is 0 Å². The first-order valence-corrected chi connectivity index (χ1v) is 8.22. The number of hydrogen-bond acceptors (Lipinski definition) is 4. The molecule has 1 heterocycles. The van der Waals surface area contributed by atoms with Crippen molar-refractivity contribution in [3.63, 3.8) is 0 Å². The SMILES string of the molecule is Cn1cnnc1[C@]1(c2cccc(Br)c2)C[C@@](O)(CCCO)C1. The molecule has 118 valence electrons. The minimum absolute atomic E-state index is 0.107. The number of aryl methyl sites for hydroxylation is 1. The van der Waals surface area contributed by atoms with Crippen LogP contribution in [-0.4, -0.2) is 37.2 Å². The Kier molecular flexibility index (Phi) is 4.09. The van der Waals surface area contributed by atoms with Gasteiger partial charge in [-0.1, -0.05) is 28.1 Å². The number of rotatable bonds is 5. The Morgan fingerprint density at radius 3 is 2.73 bits per heavy atom. The van der Waals surface area contributed by atoms with Gasteiger partial charge in [0.05, 0.1) is 11.0 Å². The molecular formula is C16H20BrN3O2. The lowest BCUT2D eigenvalue weighted by Crippen LogP contribution is -2.56. The third-order valence-corrected chi connectivity index (χ3v) is 5.07. The molecule has 3 rings (SSSR count). The van der Waals surface area contributed by atoms with E-state index in [1.54, 1.807) is 6.33 Å². The molecular weight excluding hydrogens is 346 g/mol. The van der Waals surface area contributed by atoms with Crippen molar-refractivity contribution in [3.8, 4) is 0 Å². The molecule has 1 aliphatic rings. The van der Waals surface area contributed by atoms with Gasteiger partial charge in [0.25, 0.3) is 0 Å². The number of benzene rings is 1. The van der Waals surface area contributed by atoms with Crippen molar-refractivity contribution in [2.75, 3.05) is 6.61 Å². The number of hydrogen-bond donors (Lipinski definition) is 2. The van der Waals surface area contributed by atoms with E-state index in [2.05, 4.69) is 38.3 Å². The van der Waals surface area contributed by atoms with E-state index in [4.69, 9.17) is 5.11 Å². The van der Waals surface area contributed by atoms with Gasteiger partial charge in [-0.25, -0.2) is 0 Å². The van der Waals surface area contributed by atoms with Crippen LogP contribution in [0.1, 0.15) is 37.1 Å². The van der Waals surface area contributed by atoms with Crippen molar-refractivity contribution in [2.24, 2.45) is 7.05 Å². The van der Waals surface area contributed by atoms with E-state index in [9.17, 15) is 5.11 Å². The summed E-state index contributed by atoms with van der Waals surface area (Å²) in [6.45, 7) is 0.107. The standard InChI is InChI=1S/C16H20BrN3O2/c1-20-11-18-19-14(20)16(12-4-2-5-13(17)8-12)9-15(22,10-16)6-3-7-21/h2,4-5,8,11,21-22H,3,6-7,9-10H2,1H3/t15-,16+. The maximum Gasteiger partial charge on any atom is 0.143 e. The van der Waals surface area contributed by atoms with Gasteiger partial charge in [-0.3, -0.25) is 0 Å². The van der Waals surface area contributed by atoms with E-state index < -0.39 is 5.60 Å². The fraction of sp³-hybridized carbons (Fsp3) is 0.500. The van der Waals surface area contributed by atoms with Gasteiger partial charge in [0, 0.05) is 18.1 Å².